The maximum Gasteiger partial charge on any atom is 0.0694 e. The first-order valence-electron chi connectivity index (χ1n) is 9.96. The second kappa shape index (κ2) is 15.5. The fraction of sp³-hybridized carbons (Fsp3) is 0.280. The third-order valence-electron chi connectivity index (χ3n) is 3.46. The molecule has 0 spiro atoms. The van der Waals surface area contributed by atoms with E-state index in [0.717, 1.165) is 34.6 Å². The predicted octanol–water partition coefficient (Wildman–Crippen LogP) is 7.39. The van der Waals surface area contributed by atoms with Crippen LogP contribution in [0.1, 0.15) is 53.5 Å². The van der Waals surface area contributed by atoms with E-state index in [-0.39, 0.29) is 0 Å². The Kier molecular flexibility index (Phi) is 13.9. The van der Waals surface area contributed by atoms with E-state index in [9.17, 15) is 0 Å². The molecule has 2 rings (SSSR count). The molecule has 3 N–H and O–H groups in total. The van der Waals surface area contributed by atoms with Gasteiger partial charge < -0.3 is 11.1 Å². The molecule has 2 aromatic carbocycles. The van der Waals surface area contributed by atoms with Gasteiger partial charge in [0.05, 0.1) is 11.4 Å². The SMILES string of the molecule is CC.CC.C\C=C/C(=C\CC)C(/Nc1ccccc1)=C(/N)c1ccccc1. The van der Waals surface area contributed by atoms with Crippen LogP contribution in [-0.2, 0) is 0 Å². The van der Waals surface area contributed by atoms with Crippen LogP contribution in [-0.4, -0.2) is 0 Å². The van der Waals surface area contributed by atoms with E-state index in [1.54, 1.807) is 0 Å². The molecular formula is C25H36N2. The molecular weight excluding hydrogens is 328 g/mol. The maximum absolute atomic E-state index is 6.49. The Bertz CT molecular complexity index is 696. The summed E-state index contributed by atoms with van der Waals surface area (Å²) in [7, 11) is 0. The number of hydrogen-bond acceptors (Lipinski definition) is 2. The Morgan fingerprint density at radius 3 is 1.89 bits per heavy atom. The molecule has 0 heterocycles. The number of anilines is 1. The standard InChI is InChI=1S/C21H24N2.2C2H6/c1-3-11-18(12-4-2)21(23-19-15-9-6-10-16-19)20(22)17-13-7-5-8-14-17;2*1-2/h3,5-16,23H,4,22H2,1-2H3;2*1-2H3/b11-3-,18-12+,21-20-;;. The van der Waals surface area contributed by atoms with Crippen molar-refractivity contribution in [2.24, 2.45) is 5.73 Å². The fourth-order valence-corrected chi connectivity index (χ4v) is 2.38. The molecule has 0 saturated heterocycles. The van der Waals surface area contributed by atoms with Gasteiger partial charge >= 0.3 is 0 Å². The molecule has 0 saturated carbocycles. The number of nitrogens with one attached hydrogen (secondary N) is 1. The molecule has 0 bridgehead atoms. The quantitative estimate of drug-likeness (QED) is 0.524. The van der Waals surface area contributed by atoms with E-state index in [4.69, 9.17) is 5.73 Å². The van der Waals surface area contributed by atoms with Gasteiger partial charge in [-0.1, -0.05) is 101 Å². The average molecular weight is 365 g/mol. The lowest BCUT2D eigenvalue weighted by Gasteiger charge is -2.16. The summed E-state index contributed by atoms with van der Waals surface area (Å²) in [5.41, 5.74) is 11.3. The van der Waals surface area contributed by atoms with Crippen molar-refractivity contribution in [2.75, 3.05) is 5.32 Å². The highest BCUT2D eigenvalue weighted by Crippen LogP contribution is 2.23. The van der Waals surface area contributed by atoms with Crippen LogP contribution in [0.15, 0.2) is 90.2 Å². The van der Waals surface area contributed by atoms with Crippen LogP contribution >= 0.6 is 0 Å². The van der Waals surface area contributed by atoms with Gasteiger partial charge in [-0.15, -0.1) is 0 Å². The van der Waals surface area contributed by atoms with Crippen LogP contribution in [0.3, 0.4) is 0 Å². The minimum absolute atomic E-state index is 0.743. The van der Waals surface area contributed by atoms with Gasteiger partial charge in [-0.05, 0) is 36.6 Å². The van der Waals surface area contributed by atoms with Gasteiger partial charge in [0.25, 0.3) is 0 Å². The van der Waals surface area contributed by atoms with Crippen LogP contribution < -0.4 is 11.1 Å². The molecule has 146 valence electrons. The van der Waals surface area contributed by atoms with Gasteiger partial charge in [0.15, 0.2) is 0 Å². The normalized spacial score (nSPS) is 11.6. The van der Waals surface area contributed by atoms with Crippen molar-refractivity contribution < 1.29 is 0 Å². The van der Waals surface area contributed by atoms with Crippen molar-refractivity contribution in [3.8, 4) is 0 Å². The minimum Gasteiger partial charge on any atom is -0.397 e. The molecule has 0 atom stereocenters. The Hall–Kier alpha value is -2.74. The smallest absolute Gasteiger partial charge is 0.0694 e. The maximum atomic E-state index is 6.49. The highest BCUT2D eigenvalue weighted by Gasteiger charge is 2.10. The third kappa shape index (κ3) is 8.46. The molecule has 27 heavy (non-hydrogen) atoms. The van der Waals surface area contributed by atoms with Gasteiger partial charge in [-0.2, -0.15) is 0 Å². The Balaban J connectivity index is 0.00000158. The summed E-state index contributed by atoms with van der Waals surface area (Å²) >= 11 is 0. The highest BCUT2D eigenvalue weighted by molar-refractivity contribution is 5.75. The molecule has 0 amide bonds. The van der Waals surface area contributed by atoms with Gasteiger partial charge in [-0.3, -0.25) is 0 Å². The largest absolute Gasteiger partial charge is 0.397 e. The lowest BCUT2D eigenvalue weighted by atomic mass is 10.0. The average Bonchev–Trinajstić information content (AvgIpc) is 2.76. The van der Waals surface area contributed by atoms with Crippen molar-refractivity contribution in [2.45, 2.75) is 48.0 Å². The first-order chi connectivity index (χ1) is 13.3. The zero-order valence-electron chi connectivity index (χ0n) is 17.8. The summed E-state index contributed by atoms with van der Waals surface area (Å²) in [6.07, 6.45) is 7.25. The van der Waals surface area contributed by atoms with Crippen molar-refractivity contribution in [3.05, 3.63) is 95.7 Å². The van der Waals surface area contributed by atoms with Crippen LogP contribution in [0.5, 0.6) is 0 Å². The minimum atomic E-state index is 0.743. The van der Waals surface area contributed by atoms with Gasteiger partial charge in [0.1, 0.15) is 0 Å². The van der Waals surface area contributed by atoms with Crippen molar-refractivity contribution in [1.82, 2.24) is 0 Å². The summed E-state index contributed by atoms with van der Waals surface area (Å²) in [5, 5.41) is 3.48. The summed E-state index contributed by atoms with van der Waals surface area (Å²) < 4.78 is 0. The lowest BCUT2D eigenvalue weighted by molar-refractivity contribution is 1.19. The number of para-hydroxylation sites is 1. The van der Waals surface area contributed by atoms with Gasteiger partial charge in [0.2, 0.25) is 0 Å². The van der Waals surface area contributed by atoms with E-state index in [1.807, 2.05) is 101 Å². The van der Waals surface area contributed by atoms with Gasteiger partial charge in [0, 0.05) is 5.69 Å². The van der Waals surface area contributed by atoms with E-state index < -0.39 is 0 Å². The van der Waals surface area contributed by atoms with Crippen LogP contribution in [0.2, 0.25) is 0 Å². The Morgan fingerprint density at radius 2 is 1.41 bits per heavy atom. The molecule has 0 aliphatic rings. The molecule has 0 aliphatic carbocycles. The van der Waals surface area contributed by atoms with E-state index >= 15 is 0 Å². The van der Waals surface area contributed by atoms with Crippen molar-refractivity contribution >= 4 is 11.4 Å². The fourth-order valence-electron chi connectivity index (χ4n) is 2.38. The molecule has 0 fully saturated rings. The summed E-state index contributed by atoms with van der Waals surface area (Å²) in [5.74, 6) is 0. The topological polar surface area (TPSA) is 38.0 Å². The highest BCUT2D eigenvalue weighted by atomic mass is 14.9. The molecule has 2 heteroatoms. The predicted molar refractivity (Wildman–Crippen MR) is 123 cm³/mol. The van der Waals surface area contributed by atoms with Crippen LogP contribution in [0, 0.1) is 0 Å². The van der Waals surface area contributed by atoms with E-state index in [1.165, 1.54) is 0 Å². The monoisotopic (exact) mass is 364 g/mol. The lowest BCUT2D eigenvalue weighted by Crippen LogP contribution is -2.11. The Morgan fingerprint density at radius 1 is 0.889 bits per heavy atom. The zero-order valence-corrected chi connectivity index (χ0v) is 17.8. The third-order valence-corrected chi connectivity index (χ3v) is 3.46. The number of allylic oxidation sites excluding steroid dienone is 3. The number of hydrogen-bond donors (Lipinski definition) is 2. The molecule has 0 aliphatic heterocycles. The zero-order chi connectivity index (χ0) is 20.5. The first-order valence-corrected chi connectivity index (χ1v) is 9.96. The van der Waals surface area contributed by atoms with Crippen LogP contribution in [0.4, 0.5) is 5.69 Å². The van der Waals surface area contributed by atoms with E-state index in [2.05, 4.69) is 24.4 Å². The first kappa shape index (κ1) is 24.3. The number of rotatable bonds is 6. The summed E-state index contributed by atoms with van der Waals surface area (Å²) in [6, 6.07) is 20.2. The van der Waals surface area contributed by atoms with Crippen LogP contribution in [0.25, 0.3) is 5.70 Å². The number of nitrogens with two attached hydrogens (primary N) is 1. The second-order valence-electron chi connectivity index (χ2n) is 5.21. The van der Waals surface area contributed by atoms with Crippen molar-refractivity contribution in [3.63, 3.8) is 0 Å². The summed E-state index contributed by atoms with van der Waals surface area (Å²) in [6.45, 7) is 12.1. The van der Waals surface area contributed by atoms with E-state index in [0.29, 0.717) is 0 Å². The summed E-state index contributed by atoms with van der Waals surface area (Å²) in [4.78, 5) is 0. The van der Waals surface area contributed by atoms with Crippen molar-refractivity contribution in [1.29, 1.82) is 0 Å². The molecule has 0 aromatic heterocycles. The molecule has 2 aromatic rings. The second-order valence-corrected chi connectivity index (χ2v) is 5.21. The molecule has 2 nitrogen and oxygen atoms in total. The number of benzene rings is 2. The molecule has 0 unspecified atom stereocenters. The molecule has 0 radical (unpaired) electrons. The van der Waals surface area contributed by atoms with Gasteiger partial charge in [-0.25, -0.2) is 0 Å². The Labute approximate surface area is 166 Å².